The lowest BCUT2D eigenvalue weighted by molar-refractivity contribution is -0.154. The van der Waals surface area contributed by atoms with Gasteiger partial charge in [-0.2, -0.15) is 0 Å². The minimum Gasteiger partial charge on any atom is -0.465 e. The lowest BCUT2D eigenvalue weighted by Gasteiger charge is -2.33. The van der Waals surface area contributed by atoms with Crippen molar-refractivity contribution in [2.75, 3.05) is 6.61 Å². The van der Waals surface area contributed by atoms with Crippen molar-refractivity contribution >= 4 is 14.7 Å². The zero-order valence-corrected chi connectivity index (χ0v) is 14.6. The van der Waals surface area contributed by atoms with Crippen LogP contribution in [0.15, 0.2) is 0 Å². The number of hydrogen-bond donors (Lipinski definition) is 0. The zero-order chi connectivity index (χ0) is 15.3. The van der Waals surface area contributed by atoms with Gasteiger partial charge in [-0.05, 0) is 36.3 Å². The monoisotopic (exact) mass is 286 g/mol. The maximum Gasteiger partial charge on any atom is 0.309 e. The van der Waals surface area contributed by atoms with E-state index in [1.807, 2.05) is 0 Å². The van der Waals surface area contributed by atoms with Crippen LogP contribution in [0.4, 0.5) is 0 Å². The molecule has 1 unspecified atom stereocenters. The van der Waals surface area contributed by atoms with E-state index in [9.17, 15) is 9.26 Å². The fraction of sp³-hybridized carbons (Fsp3) is 0.933. The minimum atomic E-state index is -1.45. The van der Waals surface area contributed by atoms with Crippen molar-refractivity contribution in [1.82, 2.24) is 0 Å². The van der Waals surface area contributed by atoms with Gasteiger partial charge in [0, 0.05) is 0 Å². The number of esters is 1. The van der Waals surface area contributed by atoms with E-state index in [4.69, 9.17) is 4.74 Å². The van der Waals surface area contributed by atoms with E-state index in [1.165, 1.54) is 0 Å². The second kappa shape index (κ2) is 7.32. The molecule has 0 aliphatic rings. The highest BCUT2D eigenvalue weighted by atomic mass is 28.3. The molecule has 4 heteroatoms. The fourth-order valence-electron chi connectivity index (χ4n) is 1.95. The molecule has 0 heterocycles. The van der Waals surface area contributed by atoms with Crippen molar-refractivity contribution in [3.8, 4) is 0 Å². The first-order chi connectivity index (χ1) is 8.43. The SMILES string of the molecule is C[Si](=O)CCCOC(=O)C(CC(C)(C)C)C(C)(C)C. The van der Waals surface area contributed by atoms with Gasteiger partial charge in [-0.25, -0.2) is 0 Å². The molecule has 0 aliphatic heterocycles. The van der Waals surface area contributed by atoms with E-state index in [0.717, 1.165) is 6.42 Å². The van der Waals surface area contributed by atoms with Crippen molar-refractivity contribution in [3.05, 3.63) is 0 Å². The van der Waals surface area contributed by atoms with Crippen LogP contribution in [-0.2, 0) is 14.0 Å². The molecule has 3 nitrogen and oxygen atoms in total. The van der Waals surface area contributed by atoms with Gasteiger partial charge < -0.3 is 9.20 Å². The molecule has 19 heavy (non-hydrogen) atoms. The molecular weight excluding hydrogens is 256 g/mol. The third-order valence-corrected chi connectivity index (χ3v) is 4.12. The largest absolute Gasteiger partial charge is 0.465 e. The summed E-state index contributed by atoms with van der Waals surface area (Å²) in [5.74, 6) is -0.204. The van der Waals surface area contributed by atoms with Gasteiger partial charge in [-0.1, -0.05) is 41.5 Å². The third-order valence-electron chi connectivity index (χ3n) is 3.06. The van der Waals surface area contributed by atoms with E-state index in [2.05, 4.69) is 41.5 Å². The first-order valence-corrected chi connectivity index (χ1v) is 9.21. The van der Waals surface area contributed by atoms with Gasteiger partial charge in [0.1, 0.15) is 0 Å². The summed E-state index contributed by atoms with van der Waals surface area (Å²) in [7, 11) is -1.45. The highest BCUT2D eigenvalue weighted by Gasteiger charge is 2.35. The predicted octanol–water partition coefficient (Wildman–Crippen LogP) is 4.07. The van der Waals surface area contributed by atoms with Gasteiger partial charge in [0.15, 0.2) is 0 Å². The number of carbonyl (C=O) groups excluding carboxylic acids is 1. The van der Waals surface area contributed by atoms with Crippen LogP contribution in [0.25, 0.3) is 0 Å². The van der Waals surface area contributed by atoms with Crippen molar-refractivity contribution in [2.45, 2.75) is 67.0 Å². The van der Waals surface area contributed by atoms with E-state index in [0.29, 0.717) is 19.1 Å². The molecule has 0 aromatic carbocycles. The topological polar surface area (TPSA) is 43.4 Å². The Morgan fingerprint density at radius 3 is 2.05 bits per heavy atom. The number of carbonyl (C=O) groups is 1. The van der Waals surface area contributed by atoms with E-state index >= 15 is 0 Å². The summed E-state index contributed by atoms with van der Waals surface area (Å²) in [6.07, 6.45) is 1.52. The van der Waals surface area contributed by atoms with Crippen molar-refractivity contribution in [1.29, 1.82) is 0 Å². The minimum absolute atomic E-state index is 0.0915. The summed E-state index contributed by atoms with van der Waals surface area (Å²) in [6, 6.07) is 0.664. The first kappa shape index (κ1) is 18.5. The summed E-state index contributed by atoms with van der Waals surface area (Å²) >= 11 is 0. The standard InChI is InChI=1S/C15H30O3Si/c1-14(2,3)11-12(15(4,5)6)13(16)18-9-8-10-19(7)17/h12H,8-11H2,1-7H3. The van der Waals surface area contributed by atoms with E-state index in [1.54, 1.807) is 6.55 Å². The molecule has 0 amide bonds. The molecule has 0 N–H and O–H groups in total. The molecule has 1 atom stereocenters. The van der Waals surface area contributed by atoms with Gasteiger partial charge in [-0.3, -0.25) is 4.79 Å². The Morgan fingerprint density at radius 2 is 1.68 bits per heavy atom. The summed E-state index contributed by atoms with van der Waals surface area (Å²) in [5, 5.41) is 0. The van der Waals surface area contributed by atoms with Crippen molar-refractivity contribution in [2.24, 2.45) is 16.7 Å². The Morgan fingerprint density at radius 1 is 1.16 bits per heavy atom. The smallest absolute Gasteiger partial charge is 0.309 e. The van der Waals surface area contributed by atoms with E-state index in [-0.39, 0.29) is 22.7 Å². The van der Waals surface area contributed by atoms with Gasteiger partial charge in [0.2, 0.25) is 0 Å². The normalized spacial score (nSPS) is 14.1. The highest BCUT2D eigenvalue weighted by Crippen LogP contribution is 2.36. The molecule has 112 valence electrons. The molecular formula is C15H30O3Si. The Hall–Kier alpha value is -0.513. The number of rotatable bonds is 6. The van der Waals surface area contributed by atoms with E-state index < -0.39 is 8.68 Å². The van der Waals surface area contributed by atoms with Crippen LogP contribution in [0.5, 0.6) is 0 Å². The number of ether oxygens (including phenoxy) is 1. The van der Waals surface area contributed by atoms with Crippen LogP contribution >= 0.6 is 0 Å². The van der Waals surface area contributed by atoms with Crippen LogP contribution in [0.1, 0.15) is 54.4 Å². The van der Waals surface area contributed by atoms with Crippen LogP contribution in [0, 0.1) is 16.7 Å². The third kappa shape index (κ3) is 9.08. The predicted molar refractivity (Wildman–Crippen MR) is 79.7 cm³/mol. The summed E-state index contributed by atoms with van der Waals surface area (Å²) in [4.78, 5) is 12.2. The average Bonchev–Trinajstić information content (AvgIpc) is 2.17. The zero-order valence-electron chi connectivity index (χ0n) is 13.6. The Bertz CT molecular complexity index is 310. The quantitative estimate of drug-likeness (QED) is 0.420. The molecule has 0 saturated carbocycles. The summed E-state index contributed by atoms with van der Waals surface area (Å²) < 4.78 is 16.4. The molecule has 0 aromatic rings. The van der Waals surface area contributed by atoms with Crippen molar-refractivity contribution in [3.63, 3.8) is 0 Å². The molecule has 0 fully saturated rings. The Balaban J connectivity index is 4.45. The van der Waals surface area contributed by atoms with Gasteiger partial charge in [0.25, 0.3) is 8.68 Å². The molecule has 0 spiro atoms. The second-order valence-electron chi connectivity index (χ2n) is 7.66. The summed E-state index contributed by atoms with van der Waals surface area (Å²) in [5.41, 5.74) is 0.00811. The van der Waals surface area contributed by atoms with Crippen LogP contribution in [0.3, 0.4) is 0 Å². The molecule has 0 aromatic heterocycles. The molecule has 0 bridgehead atoms. The molecule has 0 aliphatic carbocycles. The fourth-order valence-corrected chi connectivity index (χ4v) is 2.59. The maximum atomic E-state index is 12.2. The highest BCUT2D eigenvalue weighted by molar-refractivity contribution is 6.40. The second-order valence-corrected chi connectivity index (χ2v) is 9.56. The molecule has 0 rings (SSSR count). The number of hydrogen-bond acceptors (Lipinski definition) is 3. The lowest BCUT2D eigenvalue weighted by Crippen LogP contribution is -2.33. The average molecular weight is 286 g/mol. The van der Waals surface area contributed by atoms with Crippen LogP contribution in [-0.4, -0.2) is 21.3 Å². The Labute approximate surface area is 119 Å². The molecule has 0 radical (unpaired) electrons. The first-order valence-electron chi connectivity index (χ1n) is 7.09. The van der Waals surface area contributed by atoms with Gasteiger partial charge in [0.05, 0.1) is 12.5 Å². The maximum absolute atomic E-state index is 12.2. The van der Waals surface area contributed by atoms with Gasteiger partial charge in [-0.15, -0.1) is 0 Å². The summed E-state index contributed by atoms with van der Waals surface area (Å²) in [6.45, 7) is 14.8. The van der Waals surface area contributed by atoms with Crippen LogP contribution in [0.2, 0.25) is 12.6 Å². The Kier molecular flexibility index (Phi) is 7.12. The van der Waals surface area contributed by atoms with Gasteiger partial charge >= 0.3 is 5.97 Å². The molecule has 0 saturated heterocycles. The van der Waals surface area contributed by atoms with Crippen molar-refractivity contribution < 1.29 is 14.0 Å². The van der Waals surface area contributed by atoms with Crippen LogP contribution < -0.4 is 0 Å². The lowest BCUT2D eigenvalue weighted by atomic mass is 9.72.